The van der Waals surface area contributed by atoms with E-state index in [0.717, 1.165) is 38.8 Å². The number of rotatable bonds is 4. The molecule has 2 amide bonds. The summed E-state index contributed by atoms with van der Waals surface area (Å²) in [5, 5.41) is 2.30. The molecule has 2 aromatic heterocycles. The van der Waals surface area contributed by atoms with Crippen LogP contribution in [0, 0.1) is 6.92 Å². The quantitative estimate of drug-likeness (QED) is 0.378. The van der Waals surface area contributed by atoms with Gasteiger partial charge in [-0.05, 0) is 42.2 Å². The van der Waals surface area contributed by atoms with Crippen molar-refractivity contribution in [1.29, 1.82) is 0 Å². The minimum Gasteiger partial charge on any atom is -0.361 e. The second-order valence-corrected chi connectivity index (χ2v) is 10.3. The highest BCUT2D eigenvalue weighted by atomic mass is 16.2. The van der Waals surface area contributed by atoms with E-state index in [1.165, 1.54) is 10.9 Å². The maximum Gasteiger partial charge on any atom is 0.246 e. The van der Waals surface area contributed by atoms with E-state index in [-0.39, 0.29) is 24.4 Å². The lowest BCUT2D eigenvalue weighted by molar-refractivity contribution is -0.158. The average molecular weight is 489 g/mol. The molecule has 0 radical (unpaired) electrons. The molecule has 6 nitrogen and oxygen atoms in total. The van der Waals surface area contributed by atoms with Crippen molar-refractivity contribution >= 4 is 33.6 Å². The number of fused-ring (bicyclic) bond motifs is 5. The standard InChI is InChI=1S/C31H28N4O2/c1-19-10-12-20(13-11-19)30-29-24(23-7-3-5-9-26(23)33-29)16-27-31(37)34(18-28(36)35(27)30)15-14-21-17-32-25-8-4-2-6-22(21)25/h2-13,17,27,30,32-33H,14-16,18H2,1H3/t27?,30-/m0/s1. The van der Waals surface area contributed by atoms with Gasteiger partial charge >= 0.3 is 0 Å². The fourth-order valence-electron chi connectivity index (χ4n) is 6.20. The highest BCUT2D eigenvalue weighted by Gasteiger charge is 2.48. The van der Waals surface area contributed by atoms with Crippen LogP contribution in [0.5, 0.6) is 0 Å². The molecule has 2 atom stereocenters. The van der Waals surface area contributed by atoms with Crippen LogP contribution in [0.1, 0.15) is 34.0 Å². The van der Waals surface area contributed by atoms with Gasteiger partial charge in [-0.1, -0.05) is 66.2 Å². The van der Waals surface area contributed by atoms with Crippen LogP contribution in [0.4, 0.5) is 0 Å². The predicted octanol–water partition coefficient (Wildman–Crippen LogP) is 4.89. The number of nitrogens with one attached hydrogen (secondary N) is 2. The average Bonchev–Trinajstić information content (AvgIpc) is 3.50. The summed E-state index contributed by atoms with van der Waals surface area (Å²) < 4.78 is 0. The van der Waals surface area contributed by atoms with Crippen LogP contribution < -0.4 is 0 Å². The minimum atomic E-state index is -0.512. The van der Waals surface area contributed by atoms with Crippen LogP contribution in [0.3, 0.4) is 0 Å². The zero-order chi connectivity index (χ0) is 25.1. The smallest absolute Gasteiger partial charge is 0.246 e. The number of carbonyl (C=O) groups is 2. The first-order chi connectivity index (χ1) is 18.1. The van der Waals surface area contributed by atoms with Gasteiger partial charge in [-0.15, -0.1) is 0 Å². The maximum absolute atomic E-state index is 13.9. The van der Waals surface area contributed by atoms with Gasteiger partial charge in [0.25, 0.3) is 0 Å². The van der Waals surface area contributed by atoms with E-state index >= 15 is 0 Å². The highest BCUT2D eigenvalue weighted by Crippen LogP contribution is 2.42. The Balaban J connectivity index is 1.25. The number of benzene rings is 3. The van der Waals surface area contributed by atoms with Crippen molar-refractivity contribution in [2.75, 3.05) is 13.1 Å². The first-order valence-electron chi connectivity index (χ1n) is 12.9. The Hall–Kier alpha value is -4.32. The Bertz CT molecular complexity index is 1660. The third kappa shape index (κ3) is 3.47. The number of aryl methyl sites for hydroxylation is 1. The molecule has 7 rings (SSSR count). The van der Waals surface area contributed by atoms with Gasteiger partial charge in [-0.3, -0.25) is 9.59 Å². The van der Waals surface area contributed by atoms with E-state index in [9.17, 15) is 9.59 Å². The molecule has 2 aliphatic rings. The van der Waals surface area contributed by atoms with E-state index < -0.39 is 6.04 Å². The molecular formula is C31H28N4O2. The number of carbonyl (C=O) groups excluding carboxylic acids is 2. The highest BCUT2D eigenvalue weighted by molar-refractivity contribution is 5.97. The lowest BCUT2D eigenvalue weighted by Gasteiger charge is -2.47. The van der Waals surface area contributed by atoms with Crippen molar-refractivity contribution in [3.05, 3.63) is 107 Å². The van der Waals surface area contributed by atoms with Crippen LogP contribution in [0.15, 0.2) is 79.0 Å². The van der Waals surface area contributed by atoms with Gasteiger partial charge in [-0.2, -0.15) is 0 Å². The summed E-state index contributed by atoms with van der Waals surface area (Å²) in [4.78, 5) is 38.2. The van der Waals surface area contributed by atoms with Gasteiger partial charge < -0.3 is 19.8 Å². The summed E-state index contributed by atoms with van der Waals surface area (Å²) in [5.74, 6) is 0.0332. The van der Waals surface area contributed by atoms with Crippen LogP contribution in [0.25, 0.3) is 21.8 Å². The SMILES string of the molecule is Cc1ccc([C@H]2c3[nH]c4ccccc4c3CC3C(=O)N(CCc4c[nH]c5ccccc45)CC(=O)N32)cc1. The third-order valence-electron chi connectivity index (χ3n) is 8.06. The molecule has 1 unspecified atom stereocenters. The summed E-state index contributed by atoms with van der Waals surface area (Å²) in [6.07, 6.45) is 3.24. The molecule has 0 aliphatic carbocycles. The van der Waals surface area contributed by atoms with Crippen molar-refractivity contribution in [1.82, 2.24) is 19.8 Å². The second kappa shape index (κ2) is 8.37. The molecule has 6 heteroatoms. The Morgan fingerprint density at radius 3 is 2.43 bits per heavy atom. The number of H-pyrrole nitrogens is 2. The maximum atomic E-state index is 13.9. The summed E-state index contributed by atoms with van der Waals surface area (Å²) in [7, 11) is 0. The number of para-hydroxylation sites is 2. The van der Waals surface area contributed by atoms with Crippen LogP contribution in [-0.4, -0.2) is 50.7 Å². The fraction of sp³-hybridized carbons (Fsp3) is 0.226. The number of piperazine rings is 1. The van der Waals surface area contributed by atoms with Gasteiger partial charge in [0, 0.05) is 46.7 Å². The van der Waals surface area contributed by atoms with Crippen LogP contribution >= 0.6 is 0 Å². The van der Waals surface area contributed by atoms with E-state index in [1.54, 1.807) is 4.90 Å². The Morgan fingerprint density at radius 1 is 0.892 bits per heavy atom. The van der Waals surface area contributed by atoms with E-state index in [1.807, 2.05) is 35.4 Å². The summed E-state index contributed by atoms with van der Waals surface area (Å²) in [6.45, 7) is 2.69. The zero-order valence-corrected chi connectivity index (χ0v) is 20.7. The van der Waals surface area contributed by atoms with Gasteiger partial charge in [-0.25, -0.2) is 0 Å². The van der Waals surface area contributed by atoms with Crippen molar-refractivity contribution < 1.29 is 9.59 Å². The summed E-state index contributed by atoms with van der Waals surface area (Å²) in [5.41, 5.74) is 7.65. The Labute approximate surface area is 214 Å². The third-order valence-corrected chi connectivity index (χ3v) is 8.06. The molecule has 3 aromatic carbocycles. The molecule has 5 aromatic rings. The Kier molecular flexibility index (Phi) is 4.96. The second-order valence-electron chi connectivity index (χ2n) is 10.3. The molecule has 0 spiro atoms. The van der Waals surface area contributed by atoms with E-state index in [2.05, 4.69) is 65.4 Å². The fourth-order valence-corrected chi connectivity index (χ4v) is 6.20. The molecule has 184 valence electrons. The van der Waals surface area contributed by atoms with E-state index in [4.69, 9.17) is 0 Å². The summed E-state index contributed by atoms with van der Waals surface area (Å²) in [6, 6.07) is 23.9. The number of aromatic nitrogens is 2. The van der Waals surface area contributed by atoms with Gasteiger partial charge in [0.1, 0.15) is 6.04 Å². The first-order valence-corrected chi connectivity index (χ1v) is 12.9. The van der Waals surface area contributed by atoms with Gasteiger partial charge in [0.15, 0.2) is 0 Å². The van der Waals surface area contributed by atoms with Gasteiger partial charge in [0.2, 0.25) is 11.8 Å². The molecule has 37 heavy (non-hydrogen) atoms. The predicted molar refractivity (Wildman–Crippen MR) is 144 cm³/mol. The van der Waals surface area contributed by atoms with Crippen molar-refractivity contribution in [3.63, 3.8) is 0 Å². The Morgan fingerprint density at radius 2 is 1.62 bits per heavy atom. The molecule has 4 heterocycles. The zero-order valence-electron chi connectivity index (χ0n) is 20.7. The molecule has 0 saturated carbocycles. The van der Waals surface area contributed by atoms with Crippen molar-refractivity contribution in [3.8, 4) is 0 Å². The lowest BCUT2D eigenvalue weighted by atomic mass is 9.86. The molecule has 1 fully saturated rings. The number of hydrogen-bond donors (Lipinski definition) is 2. The molecule has 2 N–H and O–H groups in total. The van der Waals surface area contributed by atoms with Crippen LogP contribution in [0.2, 0.25) is 0 Å². The lowest BCUT2D eigenvalue weighted by Crippen LogP contribution is -2.63. The largest absolute Gasteiger partial charge is 0.361 e. The number of amides is 2. The van der Waals surface area contributed by atoms with Crippen LogP contribution in [-0.2, 0) is 22.4 Å². The molecular weight excluding hydrogens is 460 g/mol. The van der Waals surface area contributed by atoms with Crippen molar-refractivity contribution in [2.45, 2.75) is 31.8 Å². The number of aromatic amines is 2. The summed E-state index contributed by atoms with van der Waals surface area (Å²) >= 11 is 0. The molecule has 2 aliphatic heterocycles. The molecule has 1 saturated heterocycles. The van der Waals surface area contributed by atoms with Crippen molar-refractivity contribution in [2.24, 2.45) is 0 Å². The minimum absolute atomic E-state index is 0.00147. The van der Waals surface area contributed by atoms with Gasteiger partial charge in [0.05, 0.1) is 12.6 Å². The molecule has 0 bridgehead atoms. The first kappa shape index (κ1) is 21.9. The number of nitrogens with zero attached hydrogens (tertiary/aromatic N) is 2. The monoisotopic (exact) mass is 488 g/mol. The number of hydrogen-bond acceptors (Lipinski definition) is 2. The normalized spacial score (nSPS) is 19.5. The topological polar surface area (TPSA) is 72.2 Å². The van der Waals surface area contributed by atoms with E-state index in [0.29, 0.717) is 19.4 Å².